The van der Waals surface area contributed by atoms with Gasteiger partial charge in [-0.05, 0) is 0 Å². The van der Waals surface area contributed by atoms with Crippen molar-refractivity contribution in [1.82, 2.24) is 9.80 Å². The van der Waals surface area contributed by atoms with Gasteiger partial charge in [0.25, 0.3) is 0 Å². The molecular formula is C9H14N6O2. The van der Waals surface area contributed by atoms with Crippen molar-refractivity contribution in [2.45, 2.75) is 0 Å². The Labute approximate surface area is 99.3 Å². The number of nitro groups is 1. The first-order valence-electron chi connectivity index (χ1n) is 4.58. The Morgan fingerprint density at radius 2 is 1.65 bits per heavy atom. The van der Waals surface area contributed by atoms with E-state index in [4.69, 9.17) is 5.26 Å². The van der Waals surface area contributed by atoms with E-state index in [9.17, 15) is 10.1 Å². The number of nitrogens with zero attached hydrogens (tertiary/aromatic N) is 6. The molecule has 92 valence electrons. The zero-order valence-electron chi connectivity index (χ0n) is 10.2. The Morgan fingerprint density at radius 1 is 1.24 bits per heavy atom. The van der Waals surface area contributed by atoms with E-state index in [0.717, 1.165) is 0 Å². The van der Waals surface area contributed by atoms with Crippen LogP contribution in [0.25, 0.3) is 0 Å². The first-order valence-corrected chi connectivity index (χ1v) is 4.58. The molecule has 0 amide bonds. The molecule has 0 bridgehead atoms. The Hall–Kier alpha value is -2.43. The van der Waals surface area contributed by atoms with Crippen LogP contribution in [0.3, 0.4) is 0 Å². The van der Waals surface area contributed by atoms with Crippen LogP contribution in [0.15, 0.2) is 21.5 Å². The molecule has 0 saturated carbocycles. The first kappa shape index (κ1) is 14.6. The quantitative estimate of drug-likeness (QED) is 0.223. The zero-order valence-corrected chi connectivity index (χ0v) is 10.2. The second-order valence-electron chi connectivity index (χ2n) is 3.46. The standard InChI is InChI=1S/C9H14N6O2/c1-13(2)6-11-9(12-7-14(3)4)8(5-10)15(16)17/h6-7H,1-4H3/b11-6+,12-7+. The number of rotatable bonds is 5. The molecule has 0 heterocycles. The van der Waals surface area contributed by atoms with Crippen LogP contribution in [0.4, 0.5) is 0 Å². The molecule has 0 unspecified atom stereocenters. The van der Waals surface area contributed by atoms with Crippen LogP contribution < -0.4 is 0 Å². The summed E-state index contributed by atoms with van der Waals surface area (Å²) in [6.07, 6.45) is 2.67. The second-order valence-corrected chi connectivity index (χ2v) is 3.46. The van der Waals surface area contributed by atoms with Crippen LogP contribution in [-0.2, 0) is 0 Å². The topological polar surface area (TPSA) is 98.1 Å². The third-order valence-corrected chi connectivity index (χ3v) is 1.32. The highest BCUT2D eigenvalue weighted by Gasteiger charge is 2.17. The maximum Gasteiger partial charge on any atom is 0.389 e. The van der Waals surface area contributed by atoms with E-state index in [-0.39, 0.29) is 5.82 Å². The van der Waals surface area contributed by atoms with E-state index in [0.29, 0.717) is 0 Å². The molecule has 0 spiro atoms. The molecular weight excluding hydrogens is 224 g/mol. The van der Waals surface area contributed by atoms with Crippen molar-refractivity contribution in [3.05, 3.63) is 21.6 Å². The van der Waals surface area contributed by atoms with Gasteiger partial charge in [0.1, 0.15) is 0 Å². The molecule has 0 fully saturated rings. The average Bonchev–Trinajstić information content (AvgIpc) is 2.21. The lowest BCUT2D eigenvalue weighted by Gasteiger charge is -2.03. The fourth-order valence-corrected chi connectivity index (χ4v) is 0.668. The molecule has 0 saturated heterocycles. The van der Waals surface area contributed by atoms with Gasteiger partial charge in [0.2, 0.25) is 5.82 Å². The number of hydrogen-bond donors (Lipinski definition) is 0. The highest BCUT2D eigenvalue weighted by molar-refractivity contribution is 5.60. The van der Waals surface area contributed by atoms with Crippen molar-refractivity contribution in [2.24, 2.45) is 9.98 Å². The van der Waals surface area contributed by atoms with Gasteiger partial charge in [-0.1, -0.05) is 0 Å². The van der Waals surface area contributed by atoms with Crippen LogP contribution in [0, 0.1) is 21.4 Å². The van der Waals surface area contributed by atoms with Gasteiger partial charge in [-0.2, -0.15) is 5.26 Å². The van der Waals surface area contributed by atoms with E-state index in [2.05, 4.69) is 9.98 Å². The molecule has 0 aromatic rings. The van der Waals surface area contributed by atoms with Crippen LogP contribution in [0.1, 0.15) is 0 Å². The zero-order chi connectivity index (χ0) is 13.4. The van der Waals surface area contributed by atoms with Crippen molar-refractivity contribution < 1.29 is 4.92 Å². The van der Waals surface area contributed by atoms with Gasteiger partial charge in [-0.15, -0.1) is 0 Å². The molecule has 0 aliphatic heterocycles. The summed E-state index contributed by atoms with van der Waals surface area (Å²) in [5.41, 5.74) is -0.693. The Kier molecular flexibility index (Phi) is 5.95. The van der Waals surface area contributed by atoms with Gasteiger partial charge in [-0.25, -0.2) is 9.98 Å². The average molecular weight is 238 g/mol. The van der Waals surface area contributed by atoms with E-state index < -0.39 is 10.6 Å². The number of allylic oxidation sites excluding steroid dienone is 1. The Bertz CT molecular complexity index is 382. The smallest absolute Gasteiger partial charge is 0.369 e. The molecule has 0 atom stereocenters. The van der Waals surface area contributed by atoms with E-state index in [1.165, 1.54) is 18.7 Å². The van der Waals surface area contributed by atoms with Crippen LogP contribution in [0.2, 0.25) is 0 Å². The van der Waals surface area contributed by atoms with E-state index in [1.54, 1.807) is 38.0 Å². The third kappa shape index (κ3) is 5.88. The van der Waals surface area contributed by atoms with Crippen LogP contribution in [-0.4, -0.2) is 55.6 Å². The summed E-state index contributed by atoms with van der Waals surface area (Å²) in [6, 6.07) is 1.47. The SMILES string of the molecule is CN(C)/C=N/C(/N=C/N(C)C)=C(C#N)[N+](=O)[O-]. The predicted octanol–water partition coefficient (Wildman–Crippen LogP) is 0.136. The van der Waals surface area contributed by atoms with E-state index >= 15 is 0 Å². The minimum atomic E-state index is -0.810. The number of aliphatic imine (C=N–C) groups is 2. The second kappa shape index (κ2) is 6.95. The molecule has 17 heavy (non-hydrogen) atoms. The molecule has 0 aromatic heterocycles. The summed E-state index contributed by atoms with van der Waals surface area (Å²) in [5, 5.41) is 19.3. The summed E-state index contributed by atoms with van der Waals surface area (Å²) in [5.74, 6) is -0.236. The van der Waals surface area contributed by atoms with Crippen LogP contribution in [0.5, 0.6) is 0 Å². The van der Waals surface area contributed by atoms with Gasteiger partial charge in [0.05, 0.1) is 17.6 Å². The number of nitriles is 1. The monoisotopic (exact) mass is 238 g/mol. The van der Waals surface area contributed by atoms with Gasteiger partial charge in [0.15, 0.2) is 6.07 Å². The van der Waals surface area contributed by atoms with Gasteiger partial charge < -0.3 is 9.80 Å². The Balaban J connectivity index is 5.39. The summed E-state index contributed by atoms with van der Waals surface area (Å²) in [7, 11) is 6.81. The lowest BCUT2D eigenvalue weighted by atomic mass is 10.5. The highest BCUT2D eigenvalue weighted by atomic mass is 16.6. The first-order chi connectivity index (χ1) is 7.88. The predicted molar refractivity (Wildman–Crippen MR) is 64.0 cm³/mol. The molecule has 0 rings (SSSR count). The van der Waals surface area contributed by atoms with Crippen molar-refractivity contribution >= 4 is 12.7 Å². The van der Waals surface area contributed by atoms with Gasteiger partial charge in [-0.3, -0.25) is 10.1 Å². The summed E-state index contributed by atoms with van der Waals surface area (Å²) in [4.78, 5) is 20.5. The molecule has 0 aromatic carbocycles. The van der Waals surface area contributed by atoms with Crippen molar-refractivity contribution in [1.29, 1.82) is 5.26 Å². The molecule has 0 N–H and O–H groups in total. The minimum Gasteiger partial charge on any atom is -0.369 e. The van der Waals surface area contributed by atoms with Crippen molar-refractivity contribution in [3.8, 4) is 6.07 Å². The molecule has 8 heteroatoms. The van der Waals surface area contributed by atoms with E-state index in [1.807, 2.05) is 0 Å². The van der Waals surface area contributed by atoms with Crippen molar-refractivity contribution in [3.63, 3.8) is 0 Å². The summed E-state index contributed by atoms with van der Waals surface area (Å²) < 4.78 is 0. The lowest BCUT2D eigenvalue weighted by Crippen LogP contribution is -2.10. The lowest BCUT2D eigenvalue weighted by molar-refractivity contribution is -0.418. The molecule has 0 aliphatic carbocycles. The minimum absolute atomic E-state index is 0.236. The highest BCUT2D eigenvalue weighted by Crippen LogP contribution is 2.07. The summed E-state index contributed by atoms with van der Waals surface area (Å²) >= 11 is 0. The number of hydrogen-bond acceptors (Lipinski definition) is 5. The Morgan fingerprint density at radius 3 is 1.88 bits per heavy atom. The van der Waals surface area contributed by atoms with Gasteiger partial charge >= 0.3 is 5.70 Å². The molecule has 0 radical (unpaired) electrons. The maximum absolute atomic E-state index is 10.6. The van der Waals surface area contributed by atoms with Gasteiger partial charge in [0, 0.05) is 28.2 Å². The maximum atomic E-state index is 10.6. The van der Waals surface area contributed by atoms with Crippen molar-refractivity contribution in [2.75, 3.05) is 28.2 Å². The molecule has 0 aliphatic rings. The fraction of sp³-hybridized carbons (Fsp3) is 0.444. The fourth-order valence-electron chi connectivity index (χ4n) is 0.668. The largest absolute Gasteiger partial charge is 0.389 e. The molecule has 8 nitrogen and oxygen atoms in total. The third-order valence-electron chi connectivity index (χ3n) is 1.32. The summed E-state index contributed by atoms with van der Waals surface area (Å²) in [6.45, 7) is 0. The normalized spacial score (nSPS) is 10.3. The van der Waals surface area contributed by atoms with Crippen LogP contribution >= 0.6 is 0 Å².